The van der Waals surface area contributed by atoms with Gasteiger partial charge in [-0.2, -0.15) is 23.4 Å². The van der Waals surface area contributed by atoms with Crippen LogP contribution in [0.15, 0.2) is 34.9 Å². The highest BCUT2D eigenvalue weighted by atomic mass is 79.9. The molecule has 0 radical (unpaired) electrons. The molecule has 0 aliphatic heterocycles. The number of halogens is 4. The minimum atomic E-state index is -4.40. The summed E-state index contributed by atoms with van der Waals surface area (Å²) in [6.45, 7) is 5.54. The first kappa shape index (κ1) is 21.1. The van der Waals surface area contributed by atoms with Crippen molar-refractivity contribution in [3.05, 3.63) is 63.1 Å². The topological polar surface area (TPSA) is 64.7 Å². The van der Waals surface area contributed by atoms with Crippen LogP contribution in [0.1, 0.15) is 28.2 Å². The third kappa shape index (κ3) is 4.69. The van der Waals surface area contributed by atoms with Gasteiger partial charge in [0.25, 0.3) is 0 Å². The van der Waals surface area contributed by atoms with Crippen molar-refractivity contribution >= 4 is 27.5 Å². The number of amides is 1. The molecule has 0 saturated heterocycles. The van der Waals surface area contributed by atoms with E-state index >= 15 is 0 Å². The SMILES string of the molecule is Cc1nn(Cc2cccc(C(F)(F)F)c2)c(C)c1NC(=O)Cn1ncc(Br)c1C. The second-order valence-electron chi connectivity index (χ2n) is 6.69. The van der Waals surface area contributed by atoms with Gasteiger partial charge in [-0.05, 0) is 54.4 Å². The maximum atomic E-state index is 12.9. The van der Waals surface area contributed by atoms with Crippen LogP contribution < -0.4 is 5.32 Å². The van der Waals surface area contributed by atoms with E-state index in [0.29, 0.717) is 22.6 Å². The first-order valence-corrected chi connectivity index (χ1v) is 9.53. The highest BCUT2D eigenvalue weighted by Gasteiger charge is 2.30. The molecule has 0 fully saturated rings. The van der Waals surface area contributed by atoms with E-state index in [2.05, 4.69) is 31.4 Å². The molecule has 0 unspecified atom stereocenters. The second-order valence-corrected chi connectivity index (χ2v) is 7.54. The number of benzene rings is 1. The molecule has 0 atom stereocenters. The number of carbonyl (C=O) groups excluding carboxylic acids is 1. The molecule has 1 amide bonds. The fourth-order valence-electron chi connectivity index (χ4n) is 2.95. The van der Waals surface area contributed by atoms with E-state index in [0.717, 1.165) is 22.3 Å². The van der Waals surface area contributed by atoms with Crippen molar-refractivity contribution in [2.24, 2.45) is 0 Å². The predicted octanol–water partition coefficient (Wildman–Crippen LogP) is 4.47. The molecule has 2 aromatic heterocycles. The molecule has 3 rings (SSSR count). The Bertz CT molecular complexity index is 1050. The van der Waals surface area contributed by atoms with E-state index in [1.807, 2.05) is 6.92 Å². The standard InChI is InChI=1S/C19H19BrF3N5O/c1-11-18(25-17(29)10-27-12(2)16(20)8-24-27)13(3)28(26-11)9-14-5-4-6-15(7-14)19(21,22)23/h4-8H,9-10H2,1-3H3,(H,25,29). The molecule has 0 bridgehead atoms. The Kier molecular flexibility index (Phi) is 5.83. The number of hydrogen-bond acceptors (Lipinski definition) is 3. The first-order valence-electron chi connectivity index (χ1n) is 8.74. The Labute approximate surface area is 173 Å². The third-order valence-corrected chi connectivity index (χ3v) is 5.35. The van der Waals surface area contributed by atoms with Crippen LogP contribution in [0.25, 0.3) is 0 Å². The Morgan fingerprint density at radius 1 is 1.17 bits per heavy atom. The molecule has 3 aromatic rings. The van der Waals surface area contributed by atoms with Crippen molar-refractivity contribution in [3.8, 4) is 0 Å². The van der Waals surface area contributed by atoms with Crippen molar-refractivity contribution in [3.63, 3.8) is 0 Å². The van der Waals surface area contributed by atoms with Crippen molar-refractivity contribution in [2.75, 3.05) is 5.32 Å². The van der Waals surface area contributed by atoms with Crippen LogP contribution >= 0.6 is 15.9 Å². The van der Waals surface area contributed by atoms with Gasteiger partial charge < -0.3 is 5.32 Å². The Balaban J connectivity index is 1.76. The van der Waals surface area contributed by atoms with Crippen LogP contribution in [0.2, 0.25) is 0 Å². The molecule has 1 aromatic carbocycles. The molecule has 0 saturated carbocycles. The molecule has 2 heterocycles. The highest BCUT2D eigenvalue weighted by molar-refractivity contribution is 9.10. The van der Waals surface area contributed by atoms with E-state index < -0.39 is 11.7 Å². The smallest absolute Gasteiger partial charge is 0.321 e. The lowest BCUT2D eigenvalue weighted by atomic mass is 10.1. The van der Waals surface area contributed by atoms with Crippen LogP contribution in [-0.2, 0) is 24.1 Å². The van der Waals surface area contributed by atoms with Crippen LogP contribution in [-0.4, -0.2) is 25.5 Å². The van der Waals surface area contributed by atoms with Gasteiger partial charge in [-0.15, -0.1) is 0 Å². The van der Waals surface area contributed by atoms with Crippen LogP contribution in [0, 0.1) is 20.8 Å². The predicted molar refractivity (Wildman–Crippen MR) is 106 cm³/mol. The van der Waals surface area contributed by atoms with Gasteiger partial charge in [-0.3, -0.25) is 14.2 Å². The Morgan fingerprint density at radius 2 is 1.90 bits per heavy atom. The average molecular weight is 470 g/mol. The van der Waals surface area contributed by atoms with Crippen LogP contribution in [0.4, 0.5) is 18.9 Å². The average Bonchev–Trinajstić information content (AvgIpc) is 3.09. The lowest BCUT2D eigenvalue weighted by molar-refractivity contribution is -0.137. The molecule has 10 heteroatoms. The summed E-state index contributed by atoms with van der Waals surface area (Å²) in [5, 5.41) is 11.3. The number of anilines is 1. The van der Waals surface area contributed by atoms with Crippen molar-refractivity contribution < 1.29 is 18.0 Å². The van der Waals surface area contributed by atoms with E-state index in [-0.39, 0.29) is 19.0 Å². The van der Waals surface area contributed by atoms with Gasteiger partial charge in [-0.25, -0.2) is 0 Å². The number of aryl methyl sites for hydroxylation is 1. The van der Waals surface area contributed by atoms with Gasteiger partial charge >= 0.3 is 6.18 Å². The van der Waals surface area contributed by atoms with Gasteiger partial charge in [0.1, 0.15) is 6.54 Å². The normalized spacial score (nSPS) is 11.7. The first-order chi connectivity index (χ1) is 13.6. The summed E-state index contributed by atoms with van der Waals surface area (Å²) in [4.78, 5) is 12.4. The lowest BCUT2D eigenvalue weighted by Gasteiger charge is -2.10. The summed E-state index contributed by atoms with van der Waals surface area (Å²) in [6.07, 6.45) is -2.78. The minimum absolute atomic E-state index is 0.0368. The van der Waals surface area contributed by atoms with Crippen molar-refractivity contribution in [1.82, 2.24) is 19.6 Å². The van der Waals surface area contributed by atoms with Gasteiger partial charge in [-0.1, -0.05) is 12.1 Å². The number of alkyl halides is 3. The van der Waals surface area contributed by atoms with Gasteiger partial charge in [0.05, 0.1) is 45.5 Å². The Morgan fingerprint density at radius 3 is 2.52 bits per heavy atom. The molecule has 0 aliphatic rings. The largest absolute Gasteiger partial charge is 0.416 e. The van der Waals surface area contributed by atoms with Crippen LogP contribution in [0.5, 0.6) is 0 Å². The van der Waals surface area contributed by atoms with E-state index in [9.17, 15) is 18.0 Å². The molecule has 1 N–H and O–H groups in total. The van der Waals surface area contributed by atoms with E-state index in [1.165, 1.54) is 6.07 Å². The Hall–Kier alpha value is -2.62. The molecule has 0 aliphatic carbocycles. The zero-order valence-corrected chi connectivity index (χ0v) is 17.6. The number of nitrogens with zero attached hydrogens (tertiary/aromatic N) is 4. The van der Waals surface area contributed by atoms with Gasteiger partial charge in [0, 0.05) is 0 Å². The van der Waals surface area contributed by atoms with Crippen molar-refractivity contribution in [2.45, 2.75) is 40.0 Å². The zero-order valence-electron chi connectivity index (χ0n) is 16.0. The number of nitrogens with one attached hydrogen (secondary N) is 1. The van der Waals surface area contributed by atoms with E-state index in [1.54, 1.807) is 35.5 Å². The van der Waals surface area contributed by atoms with Gasteiger partial charge in [0.2, 0.25) is 5.91 Å². The fourth-order valence-corrected chi connectivity index (χ4v) is 3.25. The van der Waals surface area contributed by atoms with Crippen LogP contribution in [0.3, 0.4) is 0 Å². The summed E-state index contributed by atoms with van der Waals surface area (Å²) in [5.41, 5.74) is 2.39. The number of carbonyl (C=O) groups is 1. The molecule has 154 valence electrons. The van der Waals surface area contributed by atoms with Gasteiger partial charge in [0.15, 0.2) is 0 Å². The minimum Gasteiger partial charge on any atom is -0.321 e. The third-order valence-electron chi connectivity index (χ3n) is 4.57. The summed E-state index contributed by atoms with van der Waals surface area (Å²) in [5.74, 6) is -0.270. The monoisotopic (exact) mass is 469 g/mol. The second kappa shape index (κ2) is 8.02. The van der Waals surface area contributed by atoms with Crippen molar-refractivity contribution in [1.29, 1.82) is 0 Å². The molecular weight excluding hydrogens is 451 g/mol. The number of aromatic nitrogens is 4. The maximum Gasteiger partial charge on any atom is 0.416 e. The fraction of sp³-hybridized carbons (Fsp3) is 0.316. The summed E-state index contributed by atoms with van der Waals surface area (Å²) >= 11 is 3.35. The number of rotatable bonds is 5. The highest BCUT2D eigenvalue weighted by Crippen LogP contribution is 2.30. The summed E-state index contributed by atoms with van der Waals surface area (Å²) < 4.78 is 42.7. The summed E-state index contributed by atoms with van der Waals surface area (Å²) in [6, 6.07) is 5.12. The molecular formula is C19H19BrF3N5O. The maximum absolute atomic E-state index is 12.9. The molecule has 0 spiro atoms. The quantitative estimate of drug-likeness (QED) is 0.599. The molecule has 6 nitrogen and oxygen atoms in total. The lowest BCUT2D eigenvalue weighted by Crippen LogP contribution is -2.21. The zero-order chi connectivity index (χ0) is 21.3. The number of hydrogen-bond donors (Lipinski definition) is 1. The molecule has 29 heavy (non-hydrogen) atoms. The summed E-state index contributed by atoms with van der Waals surface area (Å²) in [7, 11) is 0. The van der Waals surface area contributed by atoms with E-state index in [4.69, 9.17) is 0 Å².